The maximum Gasteiger partial charge on any atom is 0.248 e. The number of carbonyl (C=O) groups excluding carboxylic acids is 2. The molecule has 0 aromatic carbocycles. The van der Waals surface area contributed by atoms with Crippen molar-refractivity contribution in [2.75, 3.05) is 18.6 Å². The molecule has 1 aliphatic heterocycles. The SMILES string of the molecule is CCC1(C)NC(=O)C(C(C)(C)C)N(CCCSC)C1=O. The Hall–Kier alpha value is -0.710. The summed E-state index contributed by atoms with van der Waals surface area (Å²) >= 11 is 1.77. The zero-order valence-electron chi connectivity index (χ0n) is 13.6. The summed E-state index contributed by atoms with van der Waals surface area (Å²) in [5.41, 5.74) is -1.01. The first kappa shape index (κ1) is 17.3. The smallest absolute Gasteiger partial charge is 0.248 e. The molecule has 0 radical (unpaired) electrons. The number of hydrogen-bond acceptors (Lipinski definition) is 3. The van der Waals surface area contributed by atoms with E-state index >= 15 is 0 Å². The molecule has 2 atom stereocenters. The van der Waals surface area contributed by atoms with E-state index < -0.39 is 5.54 Å². The Morgan fingerprint density at radius 1 is 1.35 bits per heavy atom. The summed E-state index contributed by atoms with van der Waals surface area (Å²) in [6, 6.07) is -0.378. The van der Waals surface area contributed by atoms with Gasteiger partial charge in [-0.15, -0.1) is 0 Å². The fraction of sp³-hybridized carbons (Fsp3) is 0.867. The molecular weight excluding hydrogens is 272 g/mol. The van der Waals surface area contributed by atoms with Gasteiger partial charge in [-0.05, 0) is 37.2 Å². The normalized spacial score (nSPS) is 27.7. The molecule has 0 bridgehead atoms. The van der Waals surface area contributed by atoms with Crippen molar-refractivity contribution in [1.29, 1.82) is 0 Å². The second-order valence-corrected chi connectivity index (χ2v) is 7.77. The Morgan fingerprint density at radius 2 is 1.95 bits per heavy atom. The van der Waals surface area contributed by atoms with Crippen molar-refractivity contribution in [3.8, 4) is 0 Å². The van der Waals surface area contributed by atoms with Gasteiger partial charge >= 0.3 is 0 Å². The van der Waals surface area contributed by atoms with E-state index in [0.717, 1.165) is 12.2 Å². The highest BCUT2D eigenvalue weighted by atomic mass is 32.2. The minimum atomic E-state index is -0.752. The third kappa shape index (κ3) is 3.48. The van der Waals surface area contributed by atoms with Gasteiger partial charge in [-0.1, -0.05) is 27.7 Å². The van der Waals surface area contributed by atoms with Gasteiger partial charge in [-0.3, -0.25) is 9.59 Å². The summed E-state index contributed by atoms with van der Waals surface area (Å²) in [7, 11) is 0. The highest BCUT2D eigenvalue weighted by molar-refractivity contribution is 7.98. The number of hydrogen-bond donors (Lipinski definition) is 1. The average Bonchev–Trinajstić information content (AvgIpc) is 2.33. The van der Waals surface area contributed by atoms with Crippen molar-refractivity contribution in [2.24, 2.45) is 5.41 Å². The minimum Gasteiger partial charge on any atom is -0.340 e. The van der Waals surface area contributed by atoms with Crippen molar-refractivity contribution in [3.63, 3.8) is 0 Å². The van der Waals surface area contributed by atoms with Crippen LogP contribution in [0.15, 0.2) is 0 Å². The third-order valence-corrected chi connectivity index (χ3v) is 4.66. The largest absolute Gasteiger partial charge is 0.340 e. The van der Waals surface area contributed by atoms with Crippen molar-refractivity contribution < 1.29 is 9.59 Å². The van der Waals surface area contributed by atoms with E-state index in [0.29, 0.717) is 13.0 Å². The Labute approximate surface area is 127 Å². The van der Waals surface area contributed by atoms with E-state index in [-0.39, 0.29) is 23.3 Å². The van der Waals surface area contributed by atoms with E-state index in [9.17, 15) is 9.59 Å². The predicted octanol–water partition coefficient (Wildman–Crippen LogP) is 2.28. The Balaban J connectivity index is 3.04. The Morgan fingerprint density at radius 3 is 2.40 bits per heavy atom. The van der Waals surface area contributed by atoms with Crippen LogP contribution in [0.4, 0.5) is 0 Å². The molecule has 1 saturated heterocycles. The lowest BCUT2D eigenvalue weighted by molar-refractivity contribution is -0.158. The molecule has 5 heteroatoms. The summed E-state index contributed by atoms with van der Waals surface area (Å²) in [6.45, 7) is 10.5. The fourth-order valence-corrected chi connectivity index (χ4v) is 3.10. The molecule has 20 heavy (non-hydrogen) atoms. The molecule has 0 spiro atoms. The summed E-state index contributed by atoms with van der Waals surface area (Å²) in [4.78, 5) is 27.1. The standard InChI is InChI=1S/C15H28N2O2S/c1-7-15(5)13(19)17(9-8-10-20-6)11(12(18)16-15)14(2,3)4/h11H,7-10H2,1-6H3,(H,16,18). The minimum absolute atomic E-state index is 0.0226. The topological polar surface area (TPSA) is 49.4 Å². The lowest BCUT2D eigenvalue weighted by Crippen LogP contribution is -2.71. The summed E-state index contributed by atoms with van der Waals surface area (Å²) < 4.78 is 0. The predicted molar refractivity (Wildman–Crippen MR) is 84.8 cm³/mol. The van der Waals surface area contributed by atoms with Gasteiger partial charge in [0, 0.05) is 6.54 Å². The lowest BCUT2D eigenvalue weighted by Gasteiger charge is -2.48. The molecule has 116 valence electrons. The summed E-state index contributed by atoms with van der Waals surface area (Å²) in [6.07, 6.45) is 3.60. The monoisotopic (exact) mass is 300 g/mol. The fourth-order valence-electron chi connectivity index (χ4n) is 2.68. The maximum absolute atomic E-state index is 12.8. The maximum atomic E-state index is 12.8. The molecule has 1 rings (SSSR count). The number of nitrogens with zero attached hydrogens (tertiary/aromatic N) is 1. The highest BCUT2D eigenvalue weighted by Gasteiger charge is 2.50. The highest BCUT2D eigenvalue weighted by Crippen LogP contribution is 2.31. The van der Waals surface area contributed by atoms with Gasteiger partial charge in [0.05, 0.1) is 0 Å². The molecule has 2 unspecified atom stereocenters. The van der Waals surface area contributed by atoms with Gasteiger partial charge in [0.2, 0.25) is 11.8 Å². The molecule has 0 saturated carbocycles. The Bertz CT molecular complexity index is 379. The molecule has 1 heterocycles. The molecule has 2 amide bonds. The van der Waals surface area contributed by atoms with Crippen LogP contribution in [0, 0.1) is 5.41 Å². The first-order chi connectivity index (χ1) is 9.17. The van der Waals surface area contributed by atoms with Gasteiger partial charge in [0.1, 0.15) is 11.6 Å². The number of rotatable bonds is 5. The van der Waals surface area contributed by atoms with E-state index in [1.54, 1.807) is 16.7 Å². The molecule has 4 nitrogen and oxygen atoms in total. The van der Waals surface area contributed by atoms with Crippen LogP contribution >= 0.6 is 11.8 Å². The van der Waals surface area contributed by atoms with Gasteiger partial charge in [-0.2, -0.15) is 11.8 Å². The molecule has 1 N–H and O–H groups in total. The van der Waals surface area contributed by atoms with Gasteiger partial charge in [0.15, 0.2) is 0 Å². The van der Waals surface area contributed by atoms with Crippen LogP contribution in [0.2, 0.25) is 0 Å². The van der Waals surface area contributed by atoms with Gasteiger partial charge < -0.3 is 10.2 Å². The number of carbonyl (C=O) groups is 2. The van der Waals surface area contributed by atoms with Crippen LogP contribution in [0.1, 0.15) is 47.5 Å². The van der Waals surface area contributed by atoms with Gasteiger partial charge in [0.25, 0.3) is 0 Å². The van der Waals surface area contributed by atoms with Crippen molar-refractivity contribution >= 4 is 23.6 Å². The van der Waals surface area contributed by atoms with Crippen LogP contribution in [-0.4, -0.2) is 46.8 Å². The van der Waals surface area contributed by atoms with Crippen molar-refractivity contribution in [2.45, 2.75) is 59.0 Å². The first-order valence-corrected chi connectivity index (χ1v) is 8.69. The second-order valence-electron chi connectivity index (χ2n) is 6.79. The van der Waals surface area contributed by atoms with Crippen LogP contribution < -0.4 is 5.32 Å². The molecule has 0 aromatic heterocycles. The quantitative estimate of drug-likeness (QED) is 0.793. The number of thioether (sulfide) groups is 1. The van der Waals surface area contributed by atoms with E-state index in [1.807, 2.05) is 34.6 Å². The van der Waals surface area contributed by atoms with Crippen molar-refractivity contribution in [3.05, 3.63) is 0 Å². The third-order valence-electron chi connectivity index (χ3n) is 3.97. The van der Waals surface area contributed by atoms with Crippen LogP contribution in [0.25, 0.3) is 0 Å². The average molecular weight is 300 g/mol. The number of nitrogens with one attached hydrogen (secondary N) is 1. The number of amides is 2. The molecule has 0 aliphatic carbocycles. The zero-order valence-corrected chi connectivity index (χ0v) is 14.4. The van der Waals surface area contributed by atoms with Gasteiger partial charge in [-0.25, -0.2) is 0 Å². The second kappa shape index (κ2) is 6.37. The molecular formula is C15H28N2O2S. The molecule has 0 aromatic rings. The lowest BCUT2D eigenvalue weighted by atomic mass is 9.80. The number of piperazine rings is 1. The van der Waals surface area contributed by atoms with Crippen LogP contribution in [-0.2, 0) is 9.59 Å². The van der Waals surface area contributed by atoms with E-state index in [2.05, 4.69) is 11.6 Å². The van der Waals surface area contributed by atoms with Crippen LogP contribution in [0.3, 0.4) is 0 Å². The Kier molecular flexibility index (Phi) is 5.53. The summed E-state index contributed by atoms with van der Waals surface area (Å²) in [5.74, 6) is 1.04. The van der Waals surface area contributed by atoms with Crippen molar-refractivity contribution in [1.82, 2.24) is 10.2 Å². The molecule has 1 aliphatic rings. The van der Waals surface area contributed by atoms with E-state index in [1.165, 1.54) is 0 Å². The van der Waals surface area contributed by atoms with Crippen LogP contribution in [0.5, 0.6) is 0 Å². The molecule has 1 fully saturated rings. The zero-order chi connectivity index (χ0) is 15.6. The van der Waals surface area contributed by atoms with E-state index in [4.69, 9.17) is 0 Å². The summed E-state index contributed by atoms with van der Waals surface area (Å²) in [5, 5.41) is 2.93. The first-order valence-electron chi connectivity index (χ1n) is 7.29.